The summed E-state index contributed by atoms with van der Waals surface area (Å²) >= 11 is 3.50. The molecule has 0 unspecified atom stereocenters. The molecule has 1 saturated heterocycles. The molecule has 0 saturated carbocycles. The highest BCUT2D eigenvalue weighted by Gasteiger charge is 2.12. The standard InChI is InChI=1S/C14H21BrN2O/c1-16(8-9-17-6-2-3-7-17)13-5-4-12(11-18)14(15)10-13/h4-5,10,18H,2-3,6-9,11H2,1H3. The lowest BCUT2D eigenvalue weighted by Gasteiger charge is -2.23. The van der Waals surface area contributed by atoms with Crippen molar-refractivity contribution < 1.29 is 5.11 Å². The maximum absolute atomic E-state index is 9.14. The second-order valence-corrected chi connectivity index (χ2v) is 5.76. The number of likely N-dealkylation sites (tertiary alicyclic amines) is 1. The molecule has 18 heavy (non-hydrogen) atoms. The lowest BCUT2D eigenvalue weighted by Crippen LogP contribution is -2.31. The first-order valence-corrected chi connectivity index (χ1v) is 7.33. The summed E-state index contributed by atoms with van der Waals surface area (Å²) in [4.78, 5) is 4.79. The van der Waals surface area contributed by atoms with E-state index in [9.17, 15) is 0 Å². The number of nitrogens with zero attached hydrogens (tertiary/aromatic N) is 2. The number of benzene rings is 1. The van der Waals surface area contributed by atoms with Crippen molar-refractivity contribution in [3.8, 4) is 0 Å². The first kappa shape index (κ1) is 13.8. The summed E-state index contributed by atoms with van der Waals surface area (Å²) < 4.78 is 0.982. The van der Waals surface area contributed by atoms with E-state index in [1.807, 2.05) is 6.07 Å². The Hall–Kier alpha value is -0.580. The molecule has 1 aromatic carbocycles. The molecule has 0 amide bonds. The zero-order valence-corrected chi connectivity index (χ0v) is 12.5. The molecule has 1 aromatic rings. The van der Waals surface area contributed by atoms with Gasteiger partial charge in [-0.3, -0.25) is 0 Å². The molecular formula is C14H21BrN2O. The highest BCUT2D eigenvalue weighted by Crippen LogP contribution is 2.23. The van der Waals surface area contributed by atoms with Gasteiger partial charge in [0, 0.05) is 30.3 Å². The molecule has 100 valence electrons. The molecule has 1 fully saturated rings. The Kier molecular flexibility index (Phi) is 5.03. The smallest absolute Gasteiger partial charge is 0.0692 e. The number of aliphatic hydroxyl groups is 1. The summed E-state index contributed by atoms with van der Waals surface area (Å²) in [6, 6.07) is 6.13. The fraction of sp³-hybridized carbons (Fsp3) is 0.571. The Morgan fingerprint density at radius 2 is 2.06 bits per heavy atom. The lowest BCUT2D eigenvalue weighted by molar-refractivity contribution is 0.281. The molecule has 1 heterocycles. The quantitative estimate of drug-likeness (QED) is 0.905. The number of halogens is 1. The van der Waals surface area contributed by atoms with E-state index in [0.717, 1.165) is 23.1 Å². The van der Waals surface area contributed by atoms with Crippen molar-refractivity contribution in [1.29, 1.82) is 0 Å². The summed E-state index contributed by atoms with van der Waals surface area (Å²) in [5, 5.41) is 9.14. The van der Waals surface area contributed by atoms with Crippen molar-refractivity contribution in [3.05, 3.63) is 28.2 Å². The third kappa shape index (κ3) is 3.46. The number of anilines is 1. The van der Waals surface area contributed by atoms with Crippen molar-refractivity contribution in [1.82, 2.24) is 4.90 Å². The van der Waals surface area contributed by atoms with E-state index in [4.69, 9.17) is 5.11 Å². The Morgan fingerprint density at radius 1 is 1.33 bits per heavy atom. The van der Waals surface area contributed by atoms with E-state index >= 15 is 0 Å². The maximum Gasteiger partial charge on any atom is 0.0692 e. The van der Waals surface area contributed by atoms with Crippen LogP contribution in [0.1, 0.15) is 18.4 Å². The Morgan fingerprint density at radius 3 is 2.67 bits per heavy atom. The Bertz CT molecular complexity index is 391. The van der Waals surface area contributed by atoms with Crippen LogP contribution in [0.4, 0.5) is 5.69 Å². The van der Waals surface area contributed by atoms with E-state index in [2.05, 4.69) is 44.9 Å². The minimum atomic E-state index is 0.0817. The number of rotatable bonds is 5. The van der Waals surface area contributed by atoms with Crippen LogP contribution in [-0.4, -0.2) is 43.2 Å². The van der Waals surface area contributed by atoms with Crippen molar-refractivity contribution in [3.63, 3.8) is 0 Å². The van der Waals surface area contributed by atoms with Gasteiger partial charge in [-0.15, -0.1) is 0 Å². The predicted molar refractivity (Wildman–Crippen MR) is 79.0 cm³/mol. The van der Waals surface area contributed by atoms with Gasteiger partial charge < -0.3 is 14.9 Å². The van der Waals surface area contributed by atoms with Gasteiger partial charge in [-0.05, 0) is 43.6 Å². The fourth-order valence-electron chi connectivity index (χ4n) is 2.33. The molecule has 1 aliphatic rings. The average molecular weight is 313 g/mol. The average Bonchev–Trinajstić information content (AvgIpc) is 2.89. The second-order valence-electron chi connectivity index (χ2n) is 4.90. The third-order valence-corrected chi connectivity index (χ3v) is 4.34. The van der Waals surface area contributed by atoms with Crippen LogP contribution in [-0.2, 0) is 6.61 Å². The SMILES string of the molecule is CN(CCN1CCCC1)c1ccc(CO)c(Br)c1. The summed E-state index contributed by atoms with van der Waals surface area (Å²) in [6.45, 7) is 4.76. The van der Waals surface area contributed by atoms with Crippen molar-refractivity contribution in [2.45, 2.75) is 19.4 Å². The normalized spacial score (nSPS) is 16.2. The van der Waals surface area contributed by atoms with Crippen LogP contribution in [0, 0.1) is 0 Å². The Labute approximate surface area is 118 Å². The molecule has 0 spiro atoms. The lowest BCUT2D eigenvalue weighted by atomic mass is 10.2. The molecule has 0 bridgehead atoms. The van der Waals surface area contributed by atoms with Crippen molar-refractivity contribution in [2.75, 3.05) is 38.1 Å². The van der Waals surface area contributed by atoms with Gasteiger partial charge in [0.15, 0.2) is 0 Å². The number of aliphatic hydroxyl groups excluding tert-OH is 1. The van der Waals surface area contributed by atoms with Crippen molar-refractivity contribution >= 4 is 21.6 Å². The van der Waals surface area contributed by atoms with Gasteiger partial charge in [0.25, 0.3) is 0 Å². The van der Waals surface area contributed by atoms with Gasteiger partial charge in [0.2, 0.25) is 0 Å². The van der Waals surface area contributed by atoms with E-state index in [1.54, 1.807) is 0 Å². The minimum absolute atomic E-state index is 0.0817. The van der Waals surface area contributed by atoms with Crippen LogP contribution in [0.5, 0.6) is 0 Å². The molecule has 3 nitrogen and oxygen atoms in total. The topological polar surface area (TPSA) is 26.7 Å². The molecule has 0 aromatic heterocycles. The van der Waals surface area contributed by atoms with E-state index in [-0.39, 0.29) is 6.61 Å². The zero-order valence-electron chi connectivity index (χ0n) is 10.9. The van der Waals surface area contributed by atoms with E-state index in [0.29, 0.717) is 0 Å². The molecule has 1 N–H and O–H groups in total. The first-order valence-electron chi connectivity index (χ1n) is 6.53. The van der Waals surface area contributed by atoms with Gasteiger partial charge in [-0.2, -0.15) is 0 Å². The van der Waals surface area contributed by atoms with Gasteiger partial charge in [0.05, 0.1) is 6.61 Å². The third-order valence-electron chi connectivity index (χ3n) is 3.60. The molecular weight excluding hydrogens is 292 g/mol. The molecule has 0 radical (unpaired) electrons. The van der Waals surface area contributed by atoms with E-state index in [1.165, 1.54) is 31.6 Å². The maximum atomic E-state index is 9.14. The summed E-state index contributed by atoms with van der Waals surface area (Å²) in [5.41, 5.74) is 2.13. The largest absolute Gasteiger partial charge is 0.392 e. The first-order chi connectivity index (χ1) is 8.70. The van der Waals surface area contributed by atoms with Crippen LogP contribution >= 0.6 is 15.9 Å². The highest BCUT2D eigenvalue weighted by molar-refractivity contribution is 9.10. The second kappa shape index (κ2) is 6.55. The van der Waals surface area contributed by atoms with Gasteiger partial charge in [-0.25, -0.2) is 0 Å². The van der Waals surface area contributed by atoms with Crippen LogP contribution in [0.25, 0.3) is 0 Å². The van der Waals surface area contributed by atoms with Gasteiger partial charge in [-0.1, -0.05) is 22.0 Å². The van der Waals surface area contributed by atoms with Crippen LogP contribution in [0.3, 0.4) is 0 Å². The van der Waals surface area contributed by atoms with Crippen LogP contribution < -0.4 is 4.90 Å². The van der Waals surface area contributed by atoms with Gasteiger partial charge >= 0.3 is 0 Å². The number of hydrogen-bond acceptors (Lipinski definition) is 3. The number of hydrogen-bond donors (Lipinski definition) is 1. The van der Waals surface area contributed by atoms with Crippen LogP contribution in [0.15, 0.2) is 22.7 Å². The molecule has 4 heteroatoms. The van der Waals surface area contributed by atoms with Gasteiger partial charge in [0.1, 0.15) is 0 Å². The van der Waals surface area contributed by atoms with Crippen molar-refractivity contribution in [2.24, 2.45) is 0 Å². The fourth-order valence-corrected chi connectivity index (χ4v) is 2.82. The number of likely N-dealkylation sites (N-methyl/N-ethyl adjacent to an activating group) is 1. The molecule has 0 atom stereocenters. The summed E-state index contributed by atoms with van der Waals surface area (Å²) in [7, 11) is 2.12. The summed E-state index contributed by atoms with van der Waals surface area (Å²) in [5.74, 6) is 0. The highest BCUT2D eigenvalue weighted by atomic mass is 79.9. The molecule has 1 aliphatic heterocycles. The zero-order chi connectivity index (χ0) is 13.0. The summed E-state index contributed by atoms with van der Waals surface area (Å²) in [6.07, 6.45) is 2.70. The molecule has 0 aliphatic carbocycles. The minimum Gasteiger partial charge on any atom is -0.392 e. The predicted octanol–water partition coefficient (Wildman–Crippen LogP) is 2.47. The van der Waals surface area contributed by atoms with Crippen LogP contribution in [0.2, 0.25) is 0 Å². The van der Waals surface area contributed by atoms with E-state index < -0.39 is 0 Å². The monoisotopic (exact) mass is 312 g/mol. The Balaban J connectivity index is 1.91. The molecule has 2 rings (SSSR count).